The molecule has 3 heteroatoms. The van der Waals surface area contributed by atoms with Crippen LogP contribution in [0.25, 0.3) is 28.1 Å². The van der Waals surface area contributed by atoms with Crippen LogP contribution in [0.4, 0.5) is 0 Å². The summed E-state index contributed by atoms with van der Waals surface area (Å²) < 4.78 is 0. The Bertz CT molecular complexity index is 2140. The molecule has 248 valence electrons. The fourth-order valence-electron chi connectivity index (χ4n) is 7.73. The molecule has 1 heterocycles. The Balaban J connectivity index is 1.23. The molecule has 3 atom stereocenters. The fraction of sp³-hybridized carbons (Fsp3) is 0.146. The second-order valence-corrected chi connectivity index (χ2v) is 13.8. The Morgan fingerprint density at radius 2 is 1.04 bits per heavy atom. The minimum absolute atomic E-state index is 0.0185. The van der Waals surface area contributed by atoms with Gasteiger partial charge in [0.25, 0.3) is 0 Å². The van der Waals surface area contributed by atoms with Crippen molar-refractivity contribution in [3.8, 4) is 22.5 Å². The van der Waals surface area contributed by atoms with Crippen molar-refractivity contribution in [3.63, 3.8) is 0 Å². The van der Waals surface area contributed by atoms with E-state index in [1.54, 1.807) is 0 Å². The molecule has 0 radical (unpaired) electrons. The van der Waals surface area contributed by atoms with Gasteiger partial charge in [-0.1, -0.05) is 196 Å². The van der Waals surface area contributed by atoms with E-state index in [-0.39, 0.29) is 11.8 Å². The predicted octanol–water partition coefficient (Wildman–Crippen LogP) is 11.4. The summed E-state index contributed by atoms with van der Waals surface area (Å²) in [5.74, 6) is 2.81. The van der Waals surface area contributed by atoms with Gasteiger partial charge in [-0.2, -0.15) is 0 Å². The molecule has 5 aromatic carbocycles. The highest BCUT2D eigenvalue weighted by Gasteiger charge is 2.41. The number of benzene rings is 5. The van der Waals surface area contributed by atoms with Gasteiger partial charge in [0.05, 0.1) is 5.41 Å². The number of hydrogen-bond acceptors (Lipinski definition) is 3. The molecule has 3 nitrogen and oxygen atoms in total. The molecule has 51 heavy (non-hydrogen) atoms. The van der Waals surface area contributed by atoms with Crippen molar-refractivity contribution in [2.45, 2.75) is 31.6 Å². The van der Waals surface area contributed by atoms with Crippen molar-refractivity contribution in [1.82, 2.24) is 15.0 Å². The van der Waals surface area contributed by atoms with Crippen molar-refractivity contribution in [3.05, 3.63) is 216 Å². The zero-order valence-corrected chi connectivity index (χ0v) is 29.1. The summed E-state index contributed by atoms with van der Waals surface area (Å²) in [6.07, 6.45) is 14.5. The minimum Gasteiger partial charge on any atom is -0.213 e. The van der Waals surface area contributed by atoms with Crippen LogP contribution in [-0.2, 0) is 5.41 Å². The fourth-order valence-corrected chi connectivity index (χ4v) is 7.73. The summed E-state index contributed by atoms with van der Waals surface area (Å²) >= 11 is 0. The van der Waals surface area contributed by atoms with Crippen LogP contribution in [0.2, 0.25) is 0 Å². The zero-order valence-electron chi connectivity index (χ0n) is 29.1. The van der Waals surface area contributed by atoms with Crippen LogP contribution in [0, 0.1) is 11.8 Å². The molecule has 0 aliphatic heterocycles. The monoisotopic (exact) mass is 659 g/mol. The minimum atomic E-state index is -0.495. The van der Waals surface area contributed by atoms with E-state index < -0.39 is 5.41 Å². The predicted molar refractivity (Wildman–Crippen MR) is 210 cm³/mol. The first-order valence-electron chi connectivity index (χ1n) is 18.0. The number of nitrogens with zero attached hydrogens (tertiary/aromatic N) is 3. The summed E-state index contributed by atoms with van der Waals surface area (Å²) in [5.41, 5.74) is 8.95. The first-order valence-corrected chi connectivity index (χ1v) is 18.0. The Hall–Kier alpha value is -5.93. The van der Waals surface area contributed by atoms with E-state index in [4.69, 9.17) is 15.0 Å². The molecule has 0 N–H and O–H groups in total. The van der Waals surface area contributed by atoms with Gasteiger partial charge in [-0.15, -0.1) is 0 Å². The Morgan fingerprint density at radius 3 is 1.59 bits per heavy atom. The quantitative estimate of drug-likeness (QED) is 0.153. The maximum Gasteiger partial charge on any atom is 0.163 e. The van der Waals surface area contributed by atoms with Crippen molar-refractivity contribution < 1.29 is 0 Å². The molecular weight excluding hydrogens is 619 g/mol. The van der Waals surface area contributed by atoms with Crippen LogP contribution in [0.1, 0.15) is 54.5 Å². The maximum absolute atomic E-state index is 5.21. The molecular formula is C48H41N3. The zero-order chi connectivity index (χ0) is 34.6. The van der Waals surface area contributed by atoms with Gasteiger partial charge in [-0.05, 0) is 57.2 Å². The molecule has 6 aromatic rings. The lowest BCUT2D eigenvalue weighted by molar-refractivity contribution is 0.579. The van der Waals surface area contributed by atoms with E-state index in [9.17, 15) is 0 Å². The van der Waals surface area contributed by atoms with E-state index in [1.165, 1.54) is 33.4 Å². The molecule has 8 rings (SSSR count). The van der Waals surface area contributed by atoms with Gasteiger partial charge in [0.1, 0.15) is 5.82 Å². The molecule has 0 bridgehead atoms. The van der Waals surface area contributed by atoms with Crippen LogP contribution >= 0.6 is 0 Å². The highest BCUT2D eigenvalue weighted by Crippen LogP contribution is 2.48. The summed E-state index contributed by atoms with van der Waals surface area (Å²) in [7, 11) is 0. The highest BCUT2D eigenvalue weighted by atomic mass is 15.0. The smallest absolute Gasteiger partial charge is 0.163 e. The lowest BCUT2D eigenvalue weighted by Crippen LogP contribution is -2.33. The Labute approximate surface area is 301 Å². The first kappa shape index (κ1) is 32.3. The third kappa shape index (κ3) is 6.32. The second-order valence-electron chi connectivity index (χ2n) is 13.8. The molecule has 3 unspecified atom stereocenters. The lowest BCUT2D eigenvalue weighted by atomic mass is 9.62. The van der Waals surface area contributed by atoms with Crippen LogP contribution < -0.4 is 0 Å². The standard InChI is InChI=1S/C48H41N3/c1-34-16-15-19-39(32-34)46-49-45(38-28-26-37(27-29-38)36-17-7-3-8-18-36)50-47(51-46)44-31-30-43(33-35(44)2)48(40-20-9-4-10-21-40,41-22-11-5-12-23-41)42-24-13-6-14-25-42/h3-31,33-35,44H,32H2,1-2H3. The molecule has 0 amide bonds. The third-order valence-corrected chi connectivity index (χ3v) is 10.3. The van der Waals surface area contributed by atoms with Crippen molar-refractivity contribution in [1.29, 1.82) is 0 Å². The van der Waals surface area contributed by atoms with Crippen LogP contribution in [-0.4, -0.2) is 15.0 Å². The summed E-state index contributed by atoms with van der Waals surface area (Å²) in [5, 5.41) is 0. The molecule has 2 aliphatic carbocycles. The molecule has 1 aromatic heterocycles. The molecule has 0 spiro atoms. The summed E-state index contributed by atoms with van der Waals surface area (Å²) in [4.78, 5) is 15.5. The van der Waals surface area contributed by atoms with Gasteiger partial charge < -0.3 is 0 Å². The van der Waals surface area contributed by atoms with Gasteiger partial charge >= 0.3 is 0 Å². The lowest BCUT2D eigenvalue weighted by Gasteiger charge is -2.39. The second kappa shape index (κ2) is 14.1. The number of allylic oxidation sites excluding steroid dienone is 8. The van der Waals surface area contributed by atoms with E-state index in [0.717, 1.165) is 29.2 Å². The van der Waals surface area contributed by atoms with Gasteiger partial charge in [0.15, 0.2) is 11.6 Å². The topological polar surface area (TPSA) is 38.7 Å². The maximum atomic E-state index is 5.21. The van der Waals surface area contributed by atoms with E-state index in [2.05, 4.69) is 190 Å². The van der Waals surface area contributed by atoms with Crippen molar-refractivity contribution >= 4 is 5.57 Å². The Kier molecular flexibility index (Phi) is 8.94. The summed E-state index contributed by atoms with van der Waals surface area (Å²) in [6, 6.07) is 51.7. The number of rotatable bonds is 8. The average molecular weight is 660 g/mol. The van der Waals surface area contributed by atoms with E-state index in [0.29, 0.717) is 11.7 Å². The van der Waals surface area contributed by atoms with Crippen molar-refractivity contribution in [2.24, 2.45) is 11.8 Å². The highest BCUT2D eigenvalue weighted by molar-refractivity contribution is 5.70. The normalized spacial score (nSPS) is 18.6. The van der Waals surface area contributed by atoms with Crippen molar-refractivity contribution in [2.75, 3.05) is 0 Å². The van der Waals surface area contributed by atoms with Crippen LogP contribution in [0.3, 0.4) is 0 Å². The van der Waals surface area contributed by atoms with Gasteiger partial charge in [-0.3, -0.25) is 0 Å². The van der Waals surface area contributed by atoms with Gasteiger partial charge in [0, 0.05) is 11.5 Å². The van der Waals surface area contributed by atoms with E-state index >= 15 is 0 Å². The molecule has 0 saturated carbocycles. The molecule has 0 fully saturated rings. The Morgan fingerprint density at radius 1 is 0.529 bits per heavy atom. The molecule has 0 saturated heterocycles. The van der Waals surface area contributed by atoms with E-state index in [1.807, 2.05) is 6.07 Å². The third-order valence-electron chi connectivity index (χ3n) is 10.3. The largest absolute Gasteiger partial charge is 0.213 e. The first-order chi connectivity index (χ1) is 25.1. The number of hydrogen-bond donors (Lipinski definition) is 0. The van der Waals surface area contributed by atoms with Crippen LogP contribution in [0.5, 0.6) is 0 Å². The van der Waals surface area contributed by atoms with Crippen LogP contribution in [0.15, 0.2) is 188 Å². The number of aromatic nitrogens is 3. The van der Waals surface area contributed by atoms with Gasteiger partial charge in [0.2, 0.25) is 0 Å². The molecule has 2 aliphatic rings. The SMILES string of the molecule is CC1C=CC=C(c2nc(-c3ccc(-c4ccccc4)cc3)nc(C3C=CC(C(c4ccccc4)(c4ccccc4)c4ccccc4)=CC3C)n2)C1. The van der Waals surface area contributed by atoms with Gasteiger partial charge in [-0.25, -0.2) is 15.0 Å². The average Bonchev–Trinajstić information content (AvgIpc) is 3.20. The summed E-state index contributed by atoms with van der Waals surface area (Å²) in [6.45, 7) is 4.54.